The molecule has 2 aromatic rings. The van der Waals surface area contributed by atoms with Gasteiger partial charge < -0.3 is 25.0 Å². The zero-order valence-electron chi connectivity index (χ0n) is 12.5. The van der Waals surface area contributed by atoms with Gasteiger partial charge in [-0.25, -0.2) is 5.43 Å². The van der Waals surface area contributed by atoms with Gasteiger partial charge in [0, 0.05) is 23.4 Å². The van der Waals surface area contributed by atoms with Gasteiger partial charge in [0.25, 0.3) is 5.91 Å². The SMILES string of the molecule is O=C(CNc1ccc2c(c1)OCO2)NN=Cc1ccc(O)cc1O. The van der Waals surface area contributed by atoms with E-state index in [-0.39, 0.29) is 30.7 Å². The first-order valence-corrected chi connectivity index (χ1v) is 7.09. The second-order valence-corrected chi connectivity index (χ2v) is 4.96. The second kappa shape index (κ2) is 6.78. The van der Waals surface area contributed by atoms with Crippen molar-refractivity contribution in [2.24, 2.45) is 5.10 Å². The van der Waals surface area contributed by atoms with Crippen LogP contribution in [0, 0.1) is 0 Å². The summed E-state index contributed by atoms with van der Waals surface area (Å²) in [5.41, 5.74) is 3.42. The highest BCUT2D eigenvalue weighted by molar-refractivity contribution is 5.86. The van der Waals surface area contributed by atoms with E-state index < -0.39 is 0 Å². The Morgan fingerprint density at radius 1 is 1.17 bits per heavy atom. The van der Waals surface area contributed by atoms with Gasteiger partial charge in [-0.3, -0.25) is 4.79 Å². The molecule has 0 radical (unpaired) electrons. The van der Waals surface area contributed by atoms with Crippen LogP contribution in [0.1, 0.15) is 5.56 Å². The predicted octanol–water partition coefficient (Wildman–Crippen LogP) is 1.39. The number of hydrogen-bond acceptors (Lipinski definition) is 7. The van der Waals surface area contributed by atoms with E-state index >= 15 is 0 Å². The number of phenols is 2. The van der Waals surface area contributed by atoms with Crippen molar-refractivity contribution in [1.82, 2.24) is 5.43 Å². The summed E-state index contributed by atoms with van der Waals surface area (Å²) < 4.78 is 10.5. The molecule has 0 bridgehead atoms. The molecule has 4 N–H and O–H groups in total. The molecule has 8 heteroatoms. The highest BCUT2D eigenvalue weighted by atomic mass is 16.7. The van der Waals surface area contributed by atoms with Gasteiger partial charge in [0.1, 0.15) is 11.5 Å². The maximum atomic E-state index is 11.7. The van der Waals surface area contributed by atoms with Crippen molar-refractivity contribution in [2.75, 3.05) is 18.7 Å². The number of fused-ring (bicyclic) bond motifs is 1. The number of phenolic OH excluding ortho intramolecular Hbond substituents is 2. The van der Waals surface area contributed by atoms with E-state index in [1.165, 1.54) is 24.4 Å². The summed E-state index contributed by atoms with van der Waals surface area (Å²) >= 11 is 0. The number of amides is 1. The number of hydrazone groups is 1. The number of rotatable bonds is 5. The average Bonchev–Trinajstić information content (AvgIpc) is 3.02. The fraction of sp³-hybridized carbons (Fsp3) is 0.125. The minimum atomic E-state index is -0.359. The maximum absolute atomic E-state index is 11.7. The van der Waals surface area contributed by atoms with Crippen LogP contribution in [-0.4, -0.2) is 35.7 Å². The molecule has 0 atom stereocenters. The normalized spacial score (nSPS) is 12.3. The average molecular weight is 329 g/mol. The minimum absolute atomic E-state index is 0.0124. The van der Waals surface area contributed by atoms with Crippen LogP contribution >= 0.6 is 0 Å². The molecular weight excluding hydrogens is 314 g/mol. The second-order valence-electron chi connectivity index (χ2n) is 4.96. The van der Waals surface area contributed by atoms with E-state index in [0.717, 1.165) is 5.69 Å². The summed E-state index contributed by atoms with van der Waals surface area (Å²) in [6, 6.07) is 9.35. The topological polar surface area (TPSA) is 112 Å². The molecule has 2 aromatic carbocycles. The summed E-state index contributed by atoms with van der Waals surface area (Å²) in [4.78, 5) is 11.7. The lowest BCUT2D eigenvalue weighted by Gasteiger charge is -2.06. The van der Waals surface area contributed by atoms with Gasteiger partial charge in [-0.05, 0) is 24.3 Å². The van der Waals surface area contributed by atoms with Gasteiger partial charge in [-0.2, -0.15) is 5.10 Å². The van der Waals surface area contributed by atoms with Crippen molar-refractivity contribution < 1.29 is 24.5 Å². The molecule has 0 fully saturated rings. The van der Waals surface area contributed by atoms with Gasteiger partial charge >= 0.3 is 0 Å². The van der Waals surface area contributed by atoms with Crippen molar-refractivity contribution in [3.8, 4) is 23.0 Å². The zero-order valence-corrected chi connectivity index (χ0v) is 12.5. The van der Waals surface area contributed by atoms with Crippen molar-refractivity contribution in [1.29, 1.82) is 0 Å². The van der Waals surface area contributed by atoms with Crippen LogP contribution in [-0.2, 0) is 4.79 Å². The predicted molar refractivity (Wildman–Crippen MR) is 86.6 cm³/mol. The smallest absolute Gasteiger partial charge is 0.259 e. The van der Waals surface area contributed by atoms with Crippen molar-refractivity contribution in [3.05, 3.63) is 42.0 Å². The summed E-state index contributed by atoms with van der Waals surface area (Å²) in [6.07, 6.45) is 1.28. The highest BCUT2D eigenvalue weighted by Gasteiger charge is 2.13. The molecule has 3 rings (SSSR count). The van der Waals surface area contributed by atoms with Crippen LogP contribution in [0.15, 0.2) is 41.5 Å². The number of nitrogens with zero attached hydrogens (tertiary/aromatic N) is 1. The first-order valence-electron chi connectivity index (χ1n) is 7.09. The number of aromatic hydroxyl groups is 2. The molecule has 1 amide bonds. The molecule has 0 aromatic heterocycles. The first kappa shape index (κ1) is 15.5. The highest BCUT2D eigenvalue weighted by Crippen LogP contribution is 2.34. The number of benzene rings is 2. The third-order valence-electron chi connectivity index (χ3n) is 3.23. The number of nitrogens with one attached hydrogen (secondary N) is 2. The Hall–Kier alpha value is -3.42. The monoisotopic (exact) mass is 329 g/mol. The summed E-state index contributed by atoms with van der Waals surface area (Å²) in [5.74, 6) is 0.750. The van der Waals surface area contributed by atoms with Crippen molar-refractivity contribution >= 4 is 17.8 Å². The van der Waals surface area contributed by atoms with Crippen molar-refractivity contribution in [2.45, 2.75) is 0 Å². The molecule has 0 saturated heterocycles. The van der Waals surface area contributed by atoms with Crippen LogP contribution in [0.3, 0.4) is 0 Å². The van der Waals surface area contributed by atoms with E-state index in [0.29, 0.717) is 17.1 Å². The third-order valence-corrected chi connectivity index (χ3v) is 3.23. The Balaban J connectivity index is 1.50. The fourth-order valence-electron chi connectivity index (χ4n) is 2.04. The van der Waals surface area contributed by atoms with Crippen molar-refractivity contribution in [3.63, 3.8) is 0 Å². The number of carbonyl (C=O) groups excluding carboxylic acids is 1. The van der Waals surface area contributed by atoms with Gasteiger partial charge in [0.05, 0.1) is 12.8 Å². The molecule has 1 heterocycles. The largest absolute Gasteiger partial charge is 0.508 e. The number of anilines is 1. The Morgan fingerprint density at radius 2 is 2.00 bits per heavy atom. The molecule has 0 aliphatic carbocycles. The van der Waals surface area contributed by atoms with E-state index in [1.54, 1.807) is 18.2 Å². The lowest BCUT2D eigenvalue weighted by molar-refractivity contribution is -0.119. The Labute approximate surface area is 137 Å². The summed E-state index contributed by atoms with van der Waals surface area (Å²) in [7, 11) is 0. The van der Waals surface area contributed by atoms with Crippen LogP contribution in [0.25, 0.3) is 0 Å². The molecule has 0 unspecified atom stereocenters. The van der Waals surface area contributed by atoms with E-state index in [9.17, 15) is 15.0 Å². The minimum Gasteiger partial charge on any atom is -0.508 e. The van der Waals surface area contributed by atoms with Gasteiger partial charge in [0.2, 0.25) is 6.79 Å². The van der Waals surface area contributed by atoms with E-state index in [1.807, 2.05) is 0 Å². The molecule has 8 nitrogen and oxygen atoms in total. The molecule has 124 valence electrons. The van der Waals surface area contributed by atoms with Crippen LogP contribution in [0.4, 0.5) is 5.69 Å². The molecule has 1 aliphatic rings. The fourth-order valence-corrected chi connectivity index (χ4v) is 2.04. The van der Waals surface area contributed by atoms with Crippen LogP contribution < -0.4 is 20.2 Å². The van der Waals surface area contributed by atoms with Crippen LogP contribution in [0.5, 0.6) is 23.0 Å². The molecule has 0 saturated carbocycles. The third kappa shape index (κ3) is 3.67. The number of ether oxygens (including phenoxy) is 2. The lowest BCUT2D eigenvalue weighted by atomic mass is 10.2. The van der Waals surface area contributed by atoms with Gasteiger partial charge in [-0.15, -0.1) is 0 Å². The quantitative estimate of drug-likeness (QED) is 0.487. The molecule has 0 spiro atoms. The Kier molecular flexibility index (Phi) is 4.37. The van der Waals surface area contributed by atoms with Gasteiger partial charge in [-0.1, -0.05) is 0 Å². The zero-order chi connectivity index (χ0) is 16.9. The maximum Gasteiger partial charge on any atom is 0.259 e. The Morgan fingerprint density at radius 3 is 2.83 bits per heavy atom. The summed E-state index contributed by atoms with van der Waals surface area (Å²) in [6.45, 7) is 0.205. The number of hydrogen-bond donors (Lipinski definition) is 4. The standard InChI is InChI=1S/C16H15N3O5/c20-12-3-1-10(13(21)6-12)7-18-19-16(22)8-17-11-2-4-14-15(5-11)24-9-23-14/h1-7,17,20-21H,8-9H2,(H,19,22). The lowest BCUT2D eigenvalue weighted by Crippen LogP contribution is -2.25. The van der Waals surface area contributed by atoms with Crippen LogP contribution in [0.2, 0.25) is 0 Å². The molecule has 1 aliphatic heterocycles. The molecular formula is C16H15N3O5. The molecule has 24 heavy (non-hydrogen) atoms. The van der Waals surface area contributed by atoms with E-state index in [4.69, 9.17) is 9.47 Å². The first-order chi connectivity index (χ1) is 11.6. The van der Waals surface area contributed by atoms with E-state index in [2.05, 4.69) is 15.8 Å². The summed E-state index contributed by atoms with van der Waals surface area (Å²) in [5, 5.41) is 25.5. The van der Waals surface area contributed by atoms with Gasteiger partial charge in [0.15, 0.2) is 11.5 Å². The Bertz CT molecular complexity index is 791. The number of carbonyl (C=O) groups is 1.